The molecule has 0 bridgehead atoms. The van der Waals surface area contributed by atoms with Gasteiger partial charge in [0, 0.05) is 0 Å². The summed E-state index contributed by atoms with van der Waals surface area (Å²) in [5.41, 5.74) is 0. The first-order valence-corrected chi connectivity index (χ1v) is 5.11. The van der Waals surface area contributed by atoms with E-state index in [9.17, 15) is 9.59 Å². The maximum Gasteiger partial charge on any atom is 0.379 e. The number of carbonyl (C=O) groups excluding carboxylic acids is 2. The number of allylic oxidation sites excluding steroid dienone is 1. The minimum Gasteiger partial charge on any atom is -0.456 e. The first kappa shape index (κ1) is 11.0. The molecule has 0 spiro atoms. The Hall–Kier alpha value is -1.12. The number of rotatable bonds is 3. The monoisotopic (exact) mass is 196 g/mol. The topological polar surface area (TPSA) is 43.4 Å². The summed E-state index contributed by atoms with van der Waals surface area (Å²) in [5, 5.41) is 0. The van der Waals surface area contributed by atoms with Crippen LogP contribution in [0.2, 0.25) is 0 Å². The fourth-order valence-electron chi connectivity index (χ4n) is 1.61. The Labute approximate surface area is 84.1 Å². The van der Waals surface area contributed by atoms with E-state index >= 15 is 0 Å². The molecule has 0 aromatic rings. The highest BCUT2D eigenvalue weighted by molar-refractivity contribution is 6.38. The van der Waals surface area contributed by atoms with Gasteiger partial charge >= 0.3 is 5.97 Å². The Morgan fingerprint density at radius 2 is 1.86 bits per heavy atom. The second-order valence-electron chi connectivity index (χ2n) is 3.53. The minimum atomic E-state index is -0.713. The van der Waals surface area contributed by atoms with Crippen LogP contribution >= 0.6 is 0 Å². The van der Waals surface area contributed by atoms with E-state index in [2.05, 4.69) is 0 Å². The minimum absolute atomic E-state index is 0.0366. The molecule has 1 fully saturated rings. The van der Waals surface area contributed by atoms with Crippen molar-refractivity contribution >= 4 is 11.8 Å². The molecule has 0 unspecified atom stereocenters. The van der Waals surface area contributed by atoms with E-state index in [4.69, 9.17) is 4.74 Å². The second-order valence-corrected chi connectivity index (χ2v) is 3.53. The summed E-state index contributed by atoms with van der Waals surface area (Å²) < 4.78 is 5.07. The number of carbonyl (C=O) groups is 2. The zero-order valence-electron chi connectivity index (χ0n) is 8.49. The molecule has 1 saturated carbocycles. The van der Waals surface area contributed by atoms with Crippen molar-refractivity contribution in [3.8, 4) is 0 Å². The first-order chi connectivity index (χ1) is 6.74. The number of esters is 1. The third-order valence-corrected chi connectivity index (χ3v) is 2.35. The van der Waals surface area contributed by atoms with Gasteiger partial charge in [-0.2, -0.15) is 0 Å². The Balaban J connectivity index is 2.35. The molecule has 78 valence electrons. The van der Waals surface area contributed by atoms with Crippen LogP contribution in [0.15, 0.2) is 12.2 Å². The van der Waals surface area contributed by atoms with Crippen LogP contribution in [0, 0.1) is 0 Å². The van der Waals surface area contributed by atoms with Gasteiger partial charge < -0.3 is 4.74 Å². The van der Waals surface area contributed by atoms with Crippen molar-refractivity contribution in [2.45, 2.75) is 45.1 Å². The summed E-state index contributed by atoms with van der Waals surface area (Å²) in [4.78, 5) is 22.2. The van der Waals surface area contributed by atoms with E-state index < -0.39 is 11.8 Å². The lowest BCUT2D eigenvalue weighted by Crippen LogP contribution is -2.25. The largest absolute Gasteiger partial charge is 0.456 e. The molecule has 0 heterocycles. The molecule has 0 radical (unpaired) electrons. The molecule has 0 aliphatic heterocycles. The maximum absolute atomic E-state index is 11.2. The predicted molar refractivity (Wildman–Crippen MR) is 52.8 cm³/mol. The van der Waals surface area contributed by atoms with Crippen LogP contribution in [0.25, 0.3) is 0 Å². The van der Waals surface area contributed by atoms with Gasteiger partial charge in [0.15, 0.2) is 0 Å². The Morgan fingerprint density at radius 3 is 2.43 bits per heavy atom. The SMILES string of the molecule is CC=CC(=O)C(=O)OC1CCCCC1. The van der Waals surface area contributed by atoms with Crippen molar-refractivity contribution in [3.05, 3.63) is 12.2 Å². The van der Waals surface area contributed by atoms with Crippen LogP contribution in [0.5, 0.6) is 0 Å². The van der Waals surface area contributed by atoms with Crippen molar-refractivity contribution in [3.63, 3.8) is 0 Å². The van der Waals surface area contributed by atoms with Crippen LogP contribution in [0.4, 0.5) is 0 Å². The summed E-state index contributed by atoms with van der Waals surface area (Å²) in [5.74, 6) is -1.27. The van der Waals surface area contributed by atoms with Crippen molar-refractivity contribution in [2.75, 3.05) is 0 Å². The summed E-state index contributed by atoms with van der Waals surface area (Å²) in [7, 11) is 0. The van der Waals surface area contributed by atoms with Crippen molar-refractivity contribution in [1.29, 1.82) is 0 Å². The van der Waals surface area contributed by atoms with Crippen molar-refractivity contribution < 1.29 is 14.3 Å². The highest BCUT2D eigenvalue weighted by Gasteiger charge is 2.20. The lowest BCUT2D eigenvalue weighted by atomic mass is 9.98. The Bertz CT molecular complexity index is 237. The van der Waals surface area contributed by atoms with Crippen molar-refractivity contribution in [2.24, 2.45) is 0 Å². The normalized spacial score (nSPS) is 18.4. The fraction of sp³-hybridized carbons (Fsp3) is 0.636. The van der Waals surface area contributed by atoms with Gasteiger partial charge in [0.25, 0.3) is 5.78 Å². The summed E-state index contributed by atoms with van der Waals surface area (Å²) in [6, 6.07) is 0. The van der Waals surface area contributed by atoms with Gasteiger partial charge in [-0.1, -0.05) is 12.5 Å². The molecule has 14 heavy (non-hydrogen) atoms. The van der Waals surface area contributed by atoms with Crippen LogP contribution in [0.1, 0.15) is 39.0 Å². The average Bonchev–Trinajstić information content (AvgIpc) is 2.19. The average molecular weight is 196 g/mol. The standard InChI is InChI=1S/C11H16O3/c1-2-6-10(12)11(13)14-9-7-4-3-5-8-9/h2,6,9H,3-5,7-8H2,1H3. The molecule has 3 nitrogen and oxygen atoms in total. The fourth-order valence-corrected chi connectivity index (χ4v) is 1.61. The molecule has 1 rings (SSSR count). The molecule has 3 heteroatoms. The second kappa shape index (κ2) is 5.58. The van der Waals surface area contributed by atoms with Gasteiger partial charge in [-0.3, -0.25) is 4.79 Å². The third-order valence-electron chi connectivity index (χ3n) is 2.35. The molecule has 0 saturated heterocycles. The van der Waals surface area contributed by atoms with Gasteiger partial charge in [-0.15, -0.1) is 0 Å². The van der Waals surface area contributed by atoms with Gasteiger partial charge in [-0.05, 0) is 38.7 Å². The summed E-state index contributed by atoms with van der Waals surface area (Å²) >= 11 is 0. The Morgan fingerprint density at radius 1 is 1.21 bits per heavy atom. The summed E-state index contributed by atoms with van der Waals surface area (Å²) in [6.45, 7) is 1.70. The molecular formula is C11H16O3. The van der Waals surface area contributed by atoms with Crippen LogP contribution in [0.3, 0.4) is 0 Å². The number of ketones is 1. The van der Waals surface area contributed by atoms with Gasteiger partial charge in [0.2, 0.25) is 0 Å². The van der Waals surface area contributed by atoms with Crippen LogP contribution < -0.4 is 0 Å². The lowest BCUT2D eigenvalue weighted by molar-refractivity contribution is -0.157. The summed E-state index contributed by atoms with van der Waals surface area (Å²) in [6.07, 6.45) is 7.94. The van der Waals surface area contributed by atoms with Gasteiger partial charge in [0.05, 0.1) is 0 Å². The van der Waals surface area contributed by atoms with E-state index in [1.165, 1.54) is 12.5 Å². The molecule has 1 aliphatic rings. The van der Waals surface area contributed by atoms with E-state index in [1.54, 1.807) is 13.0 Å². The molecule has 0 amide bonds. The number of ether oxygens (including phenoxy) is 1. The number of hydrogen-bond acceptors (Lipinski definition) is 3. The van der Waals surface area contributed by atoms with E-state index in [-0.39, 0.29) is 6.10 Å². The zero-order chi connectivity index (χ0) is 10.4. The van der Waals surface area contributed by atoms with E-state index in [1.807, 2.05) is 0 Å². The zero-order valence-corrected chi connectivity index (χ0v) is 8.49. The molecule has 0 aromatic heterocycles. The molecule has 0 N–H and O–H groups in total. The Kier molecular flexibility index (Phi) is 4.36. The third kappa shape index (κ3) is 3.32. The molecule has 0 atom stereocenters. The molecule has 0 aromatic carbocycles. The van der Waals surface area contributed by atoms with Crippen LogP contribution in [-0.4, -0.2) is 17.9 Å². The van der Waals surface area contributed by atoms with Crippen LogP contribution in [-0.2, 0) is 14.3 Å². The van der Waals surface area contributed by atoms with Gasteiger partial charge in [0.1, 0.15) is 6.10 Å². The quantitative estimate of drug-likeness (QED) is 0.394. The predicted octanol–water partition coefficient (Wildman–Crippen LogP) is 2.01. The molecular weight excluding hydrogens is 180 g/mol. The smallest absolute Gasteiger partial charge is 0.379 e. The van der Waals surface area contributed by atoms with E-state index in [0.717, 1.165) is 25.7 Å². The number of hydrogen-bond donors (Lipinski definition) is 0. The van der Waals surface area contributed by atoms with E-state index in [0.29, 0.717) is 0 Å². The highest BCUT2D eigenvalue weighted by atomic mass is 16.5. The van der Waals surface area contributed by atoms with Crippen molar-refractivity contribution in [1.82, 2.24) is 0 Å². The lowest BCUT2D eigenvalue weighted by Gasteiger charge is -2.20. The first-order valence-electron chi connectivity index (χ1n) is 5.11. The van der Waals surface area contributed by atoms with Gasteiger partial charge in [-0.25, -0.2) is 4.79 Å². The maximum atomic E-state index is 11.2. The highest BCUT2D eigenvalue weighted by Crippen LogP contribution is 2.20. The molecule has 1 aliphatic carbocycles.